The van der Waals surface area contributed by atoms with Gasteiger partial charge in [0.25, 0.3) is 0 Å². The molecule has 0 aromatic heterocycles. The van der Waals surface area contributed by atoms with Gasteiger partial charge >= 0.3 is 5.97 Å². The summed E-state index contributed by atoms with van der Waals surface area (Å²) in [5.41, 5.74) is 2.13. The van der Waals surface area contributed by atoms with Crippen molar-refractivity contribution in [2.75, 3.05) is 13.7 Å². The molecule has 124 valence electrons. The average Bonchev–Trinajstić information content (AvgIpc) is 2.52. The van der Waals surface area contributed by atoms with Gasteiger partial charge in [0.05, 0.1) is 25.3 Å². The van der Waals surface area contributed by atoms with Crippen molar-refractivity contribution in [1.82, 2.24) is 10.6 Å². The Bertz CT molecular complexity index is 640. The summed E-state index contributed by atoms with van der Waals surface area (Å²) in [5, 5.41) is 6.62. The second-order valence-corrected chi connectivity index (χ2v) is 6.25. The Balaban J connectivity index is 2.35. The van der Waals surface area contributed by atoms with E-state index in [4.69, 9.17) is 21.7 Å². The van der Waals surface area contributed by atoms with Gasteiger partial charge < -0.3 is 20.1 Å². The van der Waals surface area contributed by atoms with Gasteiger partial charge in [-0.15, -0.1) is 0 Å². The van der Waals surface area contributed by atoms with Crippen LogP contribution in [-0.4, -0.2) is 24.8 Å². The number of allylic oxidation sites excluding steroid dienone is 1. The van der Waals surface area contributed by atoms with E-state index in [0.717, 1.165) is 11.3 Å². The molecule has 0 fully saturated rings. The zero-order valence-corrected chi connectivity index (χ0v) is 14.6. The minimum Gasteiger partial charge on any atom is -0.497 e. The molecule has 0 unspecified atom stereocenters. The van der Waals surface area contributed by atoms with Crippen LogP contribution in [-0.2, 0) is 9.53 Å². The molecule has 1 aromatic carbocycles. The van der Waals surface area contributed by atoms with Crippen LogP contribution in [0.3, 0.4) is 0 Å². The second-order valence-electron chi connectivity index (χ2n) is 5.84. The molecule has 0 saturated carbocycles. The molecule has 0 saturated heterocycles. The summed E-state index contributed by atoms with van der Waals surface area (Å²) < 4.78 is 10.7. The lowest BCUT2D eigenvalue weighted by molar-refractivity contribution is -0.140. The number of rotatable bonds is 5. The van der Waals surface area contributed by atoms with Crippen LogP contribution in [0, 0.1) is 5.92 Å². The molecule has 1 atom stereocenters. The molecule has 1 heterocycles. The van der Waals surface area contributed by atoms with E-state index < -0.39 is 0 Å². The van der Waals surface area contributed by atoms with Gasteiger partial charge in [0.2, 0.25) is 0 Å². The first-order chi connectivity index (χ1) is 10.9. The lowest BCUT2D eigenvalue weighted by Gasteiger charge is -2.30. The molecule has 6 heteroatoms. The normalized spacial score (nSPS) is 17.6. The zero-order valence-electron chi connectivity index (χ0n) is 13.8. The highest BCUT2D eigenvalue weighted by Gasteiger charge is 2.31. The van der Waals surface area contributed by atoms with Gasteiger partial charge in [-0.05, 0) is 42.8 Å². The molecule has 0 bridgehead atoms. The van der Waals surface area contributed by atoms with Crippen LogP contribution >= 0.6 is 12.2 Å². The topological polar surface area (TPSA) is 59.6 Å². The fraction of sp³-hybridized carbons (Fsp3) is 0.412. The molecule has 0 amide bonds. The smallest absolute Gasteiger partial charge is 0.338 e. The summed E-state index contributed by atoms with van der Waals surface area (Å²) in [6.07, 6.45) is 0. The first kappa shape index (κ1) is 17.3. The van der Waals surface area contributed by atoms with Crippen molar-refractivity contribution in [3.05, 3.63) is 41.1 Å². The Kier molecular flexibility index (Phi) is 5.60. The van der Waals surface area contributed by atoms with Gasteiger partial charge in [0.15, 0.2) is 5.11 Å². The van der Waals surface area contributed by atoms with E-state index >= 15 is 0 Å². The van der Waals surface area contributed by atoms with E-state index in [9.17, 15) is 4.79 Å². The standard InChI is InChI=1S/C17H22N2O3S/c1-10(2)9-22-16(20)14-11(3)18-17(23)19-15(14)12-6-5-7-13(8-12)21-4/h5-8,10,15H,9H2,1-4H3,(H2,18,19,23)/t15-/m0/s1. The summed E-state index contributed by atoms with van der Waals surface area (Å²) in [5.74, 6) is 0.661. The lowest BCUT2D eigenvalue weighted by atomic mass is 9.95. The predicted molar refractivity (Wildman–Crippen MR) is 93.1 cm³/mol. The van der Waals surface area contributed by atoms with Crippen LogP contribution in [0.25, 0.3) is 0 Å². The van der Waals surface area contributed by atoms with Crippen LogP contribution in [0.4, 0.5) is 0 Å². The molecule has 1 aliphatic heterocycles. The fourth-order valence-electron chi connectivity index (χ4n) is 2.36. The highest BCUT2D eigenvalue weighted by molar-refractivity contribution is 7.80. The van der Waals surface area contributed by atoms with Gasteiger partial charge in [-0.3, -0.25) is 0 Å². The van der Waals surface area contributed by atoms with Crippen LogP contribution in [0.2, 0.25) is 0 Å². The third kappa shape index (κ3) is 4.22. The average molecular weight is 334 g/mol. The monoisotopic (exact) mass is 334 g/mol. The molecule has 2 N–H and O–H groups in total. The van der Waals surface area contributed by atoms with Gasteiger partial charge in [-0.2, -0.15) is 0 Å². The minimum absolute atomic E-state index is 0.278. The van der Waals surface area contributed by atoms with Crippen LogP contribution in [0.5, 0.6) is 5.75 Å². The van der Waals surface area contributed by atoms with Crippen LogP contribution < -0.4 is 15.4 Å². The molecule has 0 spiro atoms. The van der Waals surface area contributed by atoms with Crippen molar-refractivity contribution in [3.63, 3.8) is 0 Å². The quantitative estimate of drug-likeness (QED) is 0.638. The molecule has 1 aromatic rings. The van der Waals surface area contributed by atoms with Crippen LogP contribution in [0.15, 0.2) is 35.5 Å². The highest BCUT2D eigenvalue weighted by atomic mass is 32.1. The Labute approximate surface area is 142 Å². The van der Waals surface area contributed by atoms with Gasteiger partial charge in [0.1, 0.15) is 5.75 Å². The third-order valence-electron chi connectivity index (χ3n) is 3.46. The van der Waals surface area contributed by atoms with Crippen molar-refractivity contribution in [2.24, 2.45) is 5.92 Å². The molecule has 2 rings (SSSR count). The number of carbonyl (C=O) groups excluding carboxylic acids is 1. The summed E-state index contributed by atoms with van der Waals surface area (Å²) in [7, 11) is 1.61. The summed E-state index contributed by atoms with van der Waals surface area (Å²) in [6, 6.07) is 7.19. The highest BCUT2D eigenvalue weighted by Crippen LogP contribution is 2.29. The molecular formula is C17H22N2O3S. The van der Waals surface area contributed by atoms with Crippen molar-refractivity contribution < 1.29 is 14.3 Å². The number of methoxy groups -OCH3 is 1. The maximum absolute atomic E-state index is 12.5. The number of esters is 1. The first-order valence-corrected chi connectivity index (χ1v) is 7.92. The van der Waals surface area contributed by atoms with Crippen molar-refractivity contribution in [3.8, 4) is 5.75 Å². The van der Waals surface area contributed by atoms with Crippen molar-refractivity contribution in [1.29, 1.82) is 0 Å². The Morgan fingerprint density at radius 1 is 1.39 bits per heavy atom. The lowest BCUT2D eigenvalue weighted by Crippen LogP contribution is -2.45. The fourth-order valence-corrected chi connectivity index (χ4v) is 2.63. The molecule has 0 radical (unpaired) electrons. The van der Waals surface area contributed by atoms with E-state index in [1.165, 1.54) is 0 Å². The van der Waals surface area contributed by atoms with Crippen molar-refractivity contribution >= 4 is 23.3 Å². The van der Waals surface area contributed by atoms with E-state index in [-0.39, 0.29) is 17.9 Å². The molecule has 0 aliphatic carbocycles. The Morgan fingerprint density at radius 2 is 2.13 bits per heavy atom. The third-order valence-corrected chi connectivity index (χ3v) is 3.68. The molecule has 5 nitrogen and oxygen atoms in total. The number of thiocarbonyl (C=S) groups is 1. The summed E-state index contributed by atoms with van der Waals surface area (Å²) >= 11 is 5.23. The summed E-state index contributed by atoms with van der Waals surface area (Å²) in [4.78, 5) is 12.5. The van der Waals surface area contributed by atoms with E-state index in [1.54, 1.807) is 7.11 Å². The SMILES string of the molecule is COc1cccc([C@@H]2NC(=S)NC(C)=C2C(=O)OCC(C)C)c1. The maximum atomic E-state index is 12.5. The van der Waals surface area contributed by atoms with E-state index in [0.29, 0.717) is 23.0 Å². The largest absolute Gasteiger partial charge is 0.497 e. The minimum atomic E-state index is -0.362. The number of hydrogen-bond acceptors (Lipinski definition) is 4. The Hall–Kier alpha value is -2.08. The number of nitrogens with one attached hydrogen (secondary N) is 2. The molecule has 1 aliphatic rings. The van der Waals surface area contributed by atoms with E-state index in [2.05, 4.69) is 10.6 Å². The number of ether oxygens (including phenoxy) is 2. The van der Waals surface area contributed by atoms with Crippen molar-refractivity contribution in [2.45, 2.75) is 26.8 Å². The first-order valence-electron chi connectivity index (χ1n) is 7.51. The number of hydrogen-bond donors (Lipinski definition) is 2. The summed E-state index contributed by atoms with van der Waals surface area (Å²) in [6.45, 7) is 6.21. The van der Waals surface area contributed by atoms with Crippen LogP contribution in [0.1, 0.15) is 32.4 Å². The predicted octanol–water partition coefficient (Wildman–Crippen LogP) is 2.69. The van der Waals surface area contributed by atoms with Gasteiger partial charge in [0, 0.05) is 5.70 Å². The Morgan fingerprint density at radius 3 is 2.78 bits per heavy atom. The van der Waals surface area contributed by atoms with E-state index in [1.807, 2.05) is 45.0 Å². The molecular weight excluding hydrogens is 312 g/mol. The maximum Gasteiger partial charge on any atom is 0.338 e. The zero-order chi connectivity index (χ0) is 17.0. The number of carbonyl (C=O) groups is 1. The van der Waals surface area contributed by atoms with Gasteiger partial charge in [-0.1, -0.05) is 26.0 Å². The van der Waals surface area contributed by atoms with Gasteiger partial charge in [-0.25, -0.2) is 4.79 Å². The second kappa shape index (κ2) is 7.46. The molecule has 23 heavy (non-hydrogen) atoms. The number of benzene rings is 1.